The summed E-state index contributed by atoms with van der Waals surface area (Å²) in [5, 5.41) is 3.58. The van der Waals surface area contributed by atoms with Crippen molar-refractivity contribution in [1.29, 1.82) is 0 Å². The van der Waals surface area contributed by atoms with Crippen LogP contribution in [0.3, 0.4) is 0 Å². The van der Waals surface area contributed by atoms with Gasteiger partial charge in [-0.05, 0) is 48.6 Å². The fourth-order valence-corrected chi connectivity index (χ4v) is 4.87. The number of nitrogens with one attached hydrogen (secondary N) is 1. The van der Waals surface area contributed by atoms with Gasteiger partial charge in [0.25, 0.3) is 0 Å². The topological polar surface area (TPSA) is 55.1 Å². The highest BCUT2D eigenvalue weighted by atomic mass is 32.2. The van der Waals surface area contributed by atoms with Crippen LogP contribution in [0, 0.1) is 11.8 Å². The number of hydrogen-bond donors (Lipinski definition) is 2. The quantitative estimate of drug-likeness (QED) is 0.898. The van der Waals surface area contributed by atoms with E-state index in [9.17, 15) is 4.79 Å². The van der Waals surface area contributed by atoms with Gasteiger partial charge in [-0.1, -0.05) is 30.7 Å². The number of thioether (sulfide) groups is 1. The lowest BCUT2D eigenvalue weighted by molar-refractivity contribution is -0.125. The van der Waals surface area contributed by atoms with Gasteiger partial charge in [0.2, 0.25) is 5.91 Å². The zero-order chi connectivity index (χ0) is 14.7. The van der Waals surface area contributed by atoms with E-state index in [0.717, 1.165) is 38.0 Å². The maximum atomic E-state index is 12.4. The summed E-state index contributed by atoms with van der Waals surface area (Å²) >= 11 is 1.96. The minimum atomic E-state index is 0.138. The number of aryl methyl sites for hydroxylation is 1. The summed E-state index contributed by atoms with van der Waals surface area (Å²) in [5.41, 5.74) is 8.62. The fraction of sp³-hybridized carbons (Fsp3) is 0.588. The van der Waals surface area contributed by atoms with Crippen molar-refractivity contribution in [1.82, 2.24) is 5.32 Å². The number of hydrogen-bond acceptors (Lipinski definition) is 3. The predicted octanol–water partition coefficient (Wildman–Crippen LogP) is 2.51. The Hall–Kier alpha value is -1.00. The van der Waals surface area contributed by atoms with Crippen molar-refractivity contribution in [3.05, 3.63) is 35.4 Å². The molecule has 1 aromatic carbocycles. The summed E-state index contributed by atoms with van der Waals surface area (Å²) in [6, 6.07) is 8.62. The number of nitrogens with two attached hydrogens (primary N) is 1. The molecule has 4 heteroatoms. The largest absolute Gasteiger partial charge is 0.354 e. The lowest BCUT2D eigenvalue weighted by atomic mass is 9.95. The minimum absolute atomic E-state index is 0.138. The van der Waals surface area contributed by atoms with Crippen LogP contribution in [0.4, 0.5) is 0 Å². The summed E-state index contributed by atoms with van der Waals surface area (Å²) in [6.07, 6.45) is 4.39. The molecule has 1 heterocycles. The van der Waals surface area contributed by atoms with E-state index in [1.165, 1.54) is 11.1 Å². The molecular weight excluding hydrogens is 280 g/mol. The Morgan fingerprint density at radius 1 is 1.33 bits per heavy atom. The van der Waals surface area contributed by atoms with Crippen molar-refractivity contribution in [2.45, 2.75) is 30.9 Å². The molecular formula is C17H24N2OS. The molecule has 0 radical (unpaired) electrons. The maximum absolute atomic E-state index is 12.4. The van der Waals surface area contributed by atoms with Gasteiger partial charge in [-0.25, -0.2) is 0 Å². The number of fused-ring (bicyclic) bond motifs is 1. The molecule has 3 nitrogen and oxygen atoms in total. The first-order valence-corrected chi connectivity index (χ1v) is 9.01. The smallest absolute Gasteiger partial charge is 0.223 e. The molecule has 1 aliphatic carbocycles. The van der Waals surface area contributed by atoms with E-state index in [-0.39, 0.29) is 11.8 Å². The molecule has 0 bridgehead atoms. The van der Waals surface area contributed by atoms with Crippen molar-refractivity contribution in [2.75, 3.05) is 18.8 Å². The van der Waals surface area contributed by atoms with Gasteiger partial charge in [0, 0.05) is 17.7 Å². The Kier molecular flexibility index (Phi) is 4.86. The van der Waals surface area contributed by atoms with Gasteiger partial charge in [0.05, 0.1) is 0 Å². The zero-order valence-electron chi connectivity index (χ0n) is 12.4. The average Bonchev–Trinajstić information content (AvgIpc) is 3.01. The lowest BCUT2D eigenvalue weighted by Crippen LogP contribution is -2.37. The second-order valence-electron chi connectivity index (χ2n) is 6.09. The first-order valence-electron chi connectivity index (χ1n) is 7.96. The molecule has 1 amide bonds. The highest BCUT2D eigenvalue weighted by Gasteiger charge is 2.32. The van der Waals surface area contributed by atoms with Crippen LogP contribution in [-0.2, 0) is 11.2 Å². The van der Waals surface area contributed by atoms with Gasteiger partial charge in [-0.3, -0.25) is 4.79 Å². The first kappa shape index (κ1) is 14.9. The third-order valence-corrected chi connectivity index (χ3v) is 6.12. The van der Waals surface area contributed by atoms with Crippen LogP contribution in [0.1, 0.15) is 35.6 Å². The molecule has 3 N–H and O–H groups in total. The Balaban J connectivity index is 1.60. The van der Waals surface area contributed by atoms with Crippen LogP contribution in [0.25, 0.3) is 0 Å². The van der Waals surface area contributed by atoms with Crippen molar-refractivity contribution < 1.29 is 4.79 Å². The fourth-order valence-electron chi connectivity index (χ4n) is 3.63. The third-order valence-electron chi connectivity index (χ3n) is 4.85. The van der Waals surface area contributed by atoms with E-state index in [1.807, 2.05) is 11.8 Å². The van der Waals surface area contributed by atoms with Crippen LogP contribution >= 0.6 is 11.8 Å². The second-order valence-corrected chi connectivity index (χ2v) is 7.40. The van der Waals surface area contributed by atoms with E-state index in [2.05, 4.69) is 29.6 Å². The summed E-state index contributed by atoms with van der Waals surface area (Å²) in [6.45, 7) is 1.38. The van der Waals surface area contributed by atoms with E-state index in [4.69, 9.17) is 5.73 Å². The van der Waals surface area contributed by atoms with Gasteiger partial charge < -0.3 is 11.1 Å². The summed E-state index contributed by atoms with van der Waals surface area (Å²) in [5.74, 6) is 1.88. The molecule has 0 saturated heterocycles. The normalized spacial score (nSPS) is 28.1. The van der Waals surface area contributed by atoms with Gasteiger partial charge in [-0.2, -0.15) is 11.8 Å². The molecule has 114 valence electrons. The van der Waals surface area contributed by atoms with Crippen molar-refractivity contribution in [3.63, 3.8) is 0 Å². The monoisotopic (exact) mass is 304 g/mol. The number of benzene rings is 1. The standard InChI is InChI=1S/C17H24N2OS/c18-10-13-5-3-7-15(13)17(20)19-11-16-14-6-2-1-4-12(14)8-9-21-16/h1-2,4,6,13,15-16H,3,5,7-11,18H2,(H,19,20)/t13-,15-,16?/m1/s1. The number of carbonyl (C=O) groups excluding carboxylic acids is 1. The van der Waals surface area contributed by atoms with Crippen LogP contribution < -0.4 is 11.1 Å². The first-order chi connectivity index (χ1) is 10.3. The van der Waals surface area contributed by atoms with Crippen LogP contribution in [0.5, 0.6) is 0 Å². The molecule has 21 heavy (non-hydrogen) atoms. The molecule has 1 aliphatic heterocycles. The Morgan fingerprint density at radius 3 is 3.05 bits per heavy atom. The molecule has 3 rings (SSSR count). The van der Waals surface area contributed by atoms with Crippen LogP contribution in [0.15, 0.2) is 24.3 Å². The van der Waals surface area contributed by atoms with Gasteiger partial charge in [-0.15, -0.1) is 0 Å². The van der Waals surface area contributed by atoms with Crippen LogP contribution in [0.2, 0.25) is 0 Å². The van der Waals surface area contributed by atoms with Crippen LogP contribution in [-0.4, -0.2) is 24.7 Å². The maximum Gasteiger partial charge on any atom is 0.223 e. The van der Waals surface area contributed by atoms with Crippen molar-refractivity contribution >= 4 is 17.7 Å². The van der Waals surface area contributed by atoms with E-state index in [1.54, 1.807) is 0 Å². The average molecular weight is 304 g/mol. The molecule has 1 saturated carbocycles. The Morgan fingerprint density at radius 2 is 2.19 bits per heavy atom. The predicted molar refractivity (Wildman–Crippen MR) is 88.2 cm³/mol. The van der Waals surface area contributed by atoms with Gasteiger partial charge >= 0.3 is 0 Å². The molecule has 2 aliphatic rings. The SMILES string of the molecule is NC[C@H]1CCC[C@H]1C(=O)NCC1SCCc2ccccc21. The molecule has 1 unspecified atom stereocenters. The molecule has 0 spiro atoms. The molecule has 1 fully saturated rings. The summed E-state index contributed by atoms with van der Waals surface area (Å²) in [7, 11) is 0. The lowest BCUT2D eigenvalue weighted by Gasteiger charge is -2.26. The summed E-state index contributed by atoms with van der Waals surface area (Å²) < 4.78 is 0. The van der Waals surface area contributed by atoms with E-state index >= 15 is 0 Å². The number of rotatable bonds is 4. The molecule has 0 aromatic heterocycles. The van der Waals surface area contributed by atoms with Gasteiger partial charge in [0.15, 0.2) is 0 Å². The summed E-state index contributed by atoms with van der Waals surface area (Å²) in [4.78, 5) is 12.4. The number of amides is 1. The van der Waals surface area contributed by atoms with Crippen molar-refractivity contribution in [2.24, 2.45) is 17.6 Å². The zero-order valence-corrected chi connectivity index (χ0v) is 13.2. The Bertz CT molecular complexity index is 505. The number of carbonyl (C=O) groups is 1. The van der Waals surface area contributed by atoms with E-state index < -0.39 is 0 Å². The highest BCUT2D eigenvalue weighted by Crippen LogP contribution is 2.36. The molecule has 3 atom stereocenters. The third kappa shape index (κ3) is 3.27. The van der Waals surface area contributed by atoms with Crippen molar-refractivity contribution in [3.8, 4) is 0 Å². The molecule has 1 aromatic rings. The Labute approximate surface area is 131 Å². The van der Waals surface area contributed by atoms with Gasteiger partial charge in [0.1, 0.15) is 0 Å². The van der Waals surface area contributed by atoms with E-state index in [0.29, 0.717) is 17.7 Å². The minimum Gasteiger partial charge on any atom is -0.354 e. The highest BCUT2D eigenvalue weighted by molar-refractivity contribution is 7.99. The second kappa shape index (κ2) is 6.84.